The lowest BCUT2D eigenvalue weighted by molar-refractivity contribution is 0.441. The van der Waals surface area contributed by atoms with E-state index in [2.05, 4.69) is 42.2 Å². The maximum atomic E-state index is 9.36. The number of piperidine rings is 1. The van der Waals surface area contributed by atoms with E-state index in [0.29, 0.717) is 6.04 Å². The van der Waals surface area contributed by atoms with E-state index >= 15 is 0 Å². The molecule has 5 rings (SSSR count). The van der Waals surface area contributed by atoms with E-state index in [4.69, 9.17) is 11.6 Å². The van der Waals surface area contributed by atoms with E-state index < -0.39 is 7.05 Å². The molecule has 1 fully saturated rings. The minimum atomic E-state index is -0.422. The van der Waals surface area contributed by atoms with Crippen LogP contribution in [0.1, 0.15) is 12.8 Å². The summed E-state index contributed by atoms with van der Waals surface area (Å²) >= 11 is 5.84. The van der Waals surface area contributed by atoms with Gasteiger partial charge in [0.2, 0.25) is 0 Å². The number of anilines is 1. The van der Waals surface area contributed by atoms with Gasteiger partial charge in [-0.3, -0.25) is 0 Å². The molecule has 5 heterocycles. The number of aromatic nitrogens is 4. The Morgan fingerprint density at radius 3 is 2.31 bits per heavy atom. The van der Waals surface area contributed by atoms with Crippen LogP contribution in [0.4, 0.5) is 5.69 Å². The number of nitrogens with zero attached hydrogens (tertiary/aromatic N) is 3. The van der Waals surface area contributed by atoms with Crippen molar-refractivity contribution in [3.63, 3.8) is 0 Å². The molecule has 4 N–H and O–H groups in total. The summed E-state index contributed by atoms with van der Waals surface area (Å²) in [4.78, 5) is 16.9. The summed E-state index contributed by atoms with van der Waals surface area (Å²) in [6, 6.07) is 8.26. The van der Waals surface area contributed by atoms with Crippen molar-refractivity contribution >= 4 is 46.4 Å². The molecule has 0 spiro atoms. The highest BCUT2D eigenvalue weighted by Crippen LogP contribution is 2.27. The van der Waals surface area contributed by atoms with Gasteiger partial charge in [0.25, 0.3) is 0 Å². The Balaban J connectivity index is 0.000000171. The fourth-order valence-corrected chi connectivity index (χ4v) is 3.99. The minimum Gasteiger partial charge on any atom is -0.437 e. The summed E-state index contributed by atoms with van der Waals surface area (Å²) in [5.41, 5.74) is 3.04. The second-order valence-corrected chi connectivity index (χ2v) is 7.61. The Labute approximate surface area is 174 Å². The molecule has 4 aromatic rings. The van der Waals surface area contributed by atoms with Gasteiger partial charge in [-0.2, -0.15) is 0 Å². The third-order valence-corrected chi connectivity index (χ3v) is 5.49. The lowest BCUT2D eigenvalue weighted by Crippen LogP contribution is -2.47. The predicted molar refractivity (Wildman–Crippen MR) is 119 cm³/mol. The summed E-state index contributed by atoms with van der Waals surface area (Å²) in [7, 11) is -0.422. The molecule has 150 valence electrons. The molecule has 0 amide bonds. The zero-order chi connectivity index (χ0) is 20.2. The van der Waals surface area contributed by atoms with Crippen LogP contribution in [0, 0.1) is 0 Å². The second-order valence-electron chi connectivity index (χ2n) is 7.21. The maximum Gasteiger partial charge on any atom is 0.373 e. The molecule has 1 aliphatic rings. The van der Waals surface area contributed by atoms with Crippen LogP contribution < -0.4 is 10.1 Å². The smallest absolute Gasteiger partial charge is 0.373 e. The van der Waals surface area contributed by atoms with Crippen LogP contribution in [0.2, 0.25) is 11.8 Å². The van der Waals surface area contributed by atoms with E-state index in [1.165, 1.54) is 11.1 Å². The molecule has 7 nitrogen and oxygen atoms in total. The van der Waals surface area contributed by atoms with Crippen LogP contribution in [0.5, 0.6) is 0 Å². The molecular formula is C20H24BClN6O. The largest absolute Gasteiger partial charge is 0.437 e. The fraction of sp³-hybridized carbons (Fsp3) is 0.300. The quantitative estimate of drug-likeness (QED) is 0.388. The average Bonchev–Trinajstić information content (AvgIpc) is 3.38. The van der Waals surface area contributed by atoms with Gasteiger partial charge in [-0.1, -0.05) is 11.6 Å². The first kappa shape index (κ1) is 19.8. The molecule has 29 heavy (non-hydrogen) atoms. The summed E-state index contributed by atoms with van der Waals surface area (Å²) in [6.45, 7) is 3.79. The van der Waals surface area contributed by atoms with Crippen LogP contribution in [-0.2, 0) is 0 Å². The van der Waals surface area contributed by atoms with Crippen LogP contribution in [0.25, 0.3) is 22.1 Å². The lowest BCUT2D eigenvalue weighted by Gasteiger charge is -2.34. The standard InChI is InChI=1S/C13H19BN4O.C7H5ClN2/c1-14(19)17-10-4-8-18(9-5-10)12-3-7-16-13-11(12)2-6-15-13;8-6-2-4-10-7-5(6)1-3-9-7/h2-3,6-7,10,17,19H,4-5,8-9H2,1H3,(H,15,16);1-4H,(H,9,10). The zero-order valence-corrected chi connectivity index (χ0v) is 17.0. The minimum absolute atomic E-state index is 0.416. The van der Waals surface area contributed by atoms with Crippen molar-refractivity contribution in [2.75, 3.05) is 18.0 Å². The monoisotopic (exact) mass is 410 g/mol. The normalized spacial score (nSPS) is 14.8. The highest BCUT2D eigenvalue weighted by Gasteiger charge is 2.22. The molecule has 0 bridgehead atoms. The molecule has 0 aliphatic carbocycles. The molecular weight excluding hydrogens is 387 g/mol. The van der Waals surface area contributed by atoms with Crippen LogP contribution in [-0.4, -0.2) is 51.1 Å². The number of aromatic amines is 2. The van der Waals surface area contributed by atoms with Crippen LogP contribution >= 0.6 is 11.6 Å². The number of H-pyrrole nitrogens is 2. The predicted octanol–water partition coefficient (Wildman–Crippen LogP) is 3.45. The van der Waals surface area contributed by atoms with Gasteiger partial charge in [0.1, 0.15) is 11.3 Å². The van der Waals surface area contributed by atoms with Crippen molar-refractivity contribution in [2.45, 2.75) is 25.7 Å². The van der Waals surface area contributed by atoms with Crippen molar-refractivity contribution in [2.24, 2.45) is 0 Å². The van der Waals surface area contributed by atoms with Gasteiger partial charge in [-0.25, -0.2) is 9.97 Å². The van der Waals surface area contributed by atoms with Gasteiger partial charge in [0.05, 0.1) is 5.02 Å². The third-order valence-electron chi connectivity index (χ3n) is 5.16. The molecule has 0 unspecified atom stereocenters. The van der Waals surface area contributed by atoms with Gasteiger partial charge < -0.3 is 25.1 Å². The number of halogens is 1. The summed E-state index contributed by atoms with van der Waals surface area (Å²) in [5.74, 6) is 0. The Bertz CT molecular complexity index is 1070. The van der Waals surface area contributed by atoms with Gasteiger partial charge in [-0.15, -0.1) is 0 Å². The Morgan fingerprint density at radius 1 is 1.03 bits per heavy atom. The molecule has 9 heteroatoms. The maximum absolute atomic E-state index is 9.36. The Hall–Kier alpha value is -2.55. The molecule has 1 aliphatic heterocycles. The van der Waals surface area contributed by atoms with E-state index in [9.17, 15) is 5.02 Å². The fourth-order valence-electron chi connectivity index (χ4n) is 3.78. The van der Waals surface area contributed by atoms with Crippen molar-refractivity contribution in [3.05, 3.63) is 54.1 Å². The molecule has 4 aromatic heterocycles. The van der Waals surface area contributed by atoms with E-state index in [1.54, 1.807) is 19.1 Å². The highest BCUT2D eigenvalue weighted by atomic mass is 35.5. The highest BCUT2D eigenvalue weighted by molar-refractivity contribution is 6.45. The number of fused-ring (bicyclic) bond motifs is 2. The first-order valence-corrected chi connectivity index (χ1v) is 10.2. The molecule has 0 aromatic carbocycles. The number of pyridine rings is 2. The number of hydrogen-bond acceptors (Lipinski definition) is 5. The van der Waals surface area contributed by atoms with E-state index in [0.717, 1.165) is 47.6 Å². The molecule has 0 saturated carbocycles. The summed E-state index contributed by atoms with van der Waals surface area (Å²) < 4.78 is 0. The first-order chi connectivity index (χ1) is 14.1. The summed E-state index contributed by atoms with van der Waals surface area (Å²) in [6.07, 6.45) is 9.40. The zero-order valence-electron chi connectivity index (χ0n) is 16.3. The SMILES string of the molecule is CB(O)NC1CCN(c2ccnc3[nH]ccc23)CC1.Clc1ccnc2[nH]ccc12. The first-order valence-electron chi connectivity index (χ1n) is 9.80. The second kappa shape index (κ2) is 8.86. The van der Waals surface area contributed by atoms with E-state index in [1.807, 2.05) is 24.7 Å². The molecule has 1 saturated heterocycles. The van der Waals surface area contributed by atoms with Crippen LogP contribution in [0.3, 0.4) is 0 Å². The third kappa shape index (κ3) is 4.55. The van der Waals surface area contributed by atoms with Gasteiger partial charge in [0.15, 0.2) is 0 Å². The number of nitrogens with one attached hydrogen (secondary N) is 3. The van der Waals surface area contributed by atoms with Crippen molar-refractivity contribution in [3.8, 4) is 0 Å². The number of hydrogen-bond donors (Lipinski definition) is 4. The van der Waals surface area contributed by atoms with E-state index in [-0.39, 0.29) is 0 Å². The number of rotatable bonds is 3. The average molecular weight is 411 g/mol. The van der Waals surface area contributed by atoms with Crippen molar-refractivity contribution < 1.29 is 5.02 Å². The topological polar surface area (TPSA) is 92.9 Å². The Kier molecular flexibility index (Phi) is 6.04. The van der Waals surface area contributed by atoms with Gasteiger partial charge >= 0.3 is 7.05 Å². The Morgan fingerprint density at radius 2 is 1.66 bits per heavy atom. The molecule has 0 atom stereocenters. The lowest BCUT2D eigenvalue weighted by atomic mass is 9.85. The van der Waals surface area contributed by atoms with Gasteiger partial charge in [-0.05, 0) is 43.9 Å². The summed E-state index contributed by atoms with van der Waals surface area (Å²) in [5, 5.41) is 15.5. The van der Waals surface area contributed by atoms with Crippen molar-refractivity contribution in [1.82, 2.24) is 25.2 Å². The van der Waals surface area contributed by atoms with Crippen LogP contribution in [0.15, 0.2) is 49.1 Å². The van der Waals surface area contributed by atoms with Gasteiger partial charge in [0, 0.05) is 60.4 Å². The van der Waals surface area contributed by atoms with Crippen molar-refractivity contribution in [1.29, 1.82) is 0 Å². The molecule has 0 radical (unpaired) electrons.